The highest BCUT2D eigenvalue weighted by atomic mass is 16.5. The van der Waals surface area contributed by atoms with E-state index in [1.807, 2.05) is 66.9 Å². The van der Waals surface area contributed by atoms with Crippen LogP contribution in [0.15, 0.2) is 66.9 Å². The van der Waals surface area contributed by atoms with E-state index in [9.17, 15) is 4.79 Å². The van der Waals surface area contributed by atoms with Crippen molar-refractivity contribution < 1.29 is 9.53 Å². The Morgan fingerprint density at radius 2 is 1.90 bits per heavy atom. The Balaban J connectivity index is 1.28. The van der Waals surface area contributed by atoms with Crippen LogP contribution in [0.2, 0.25) is 0 Å². The van der Waals surface area contributed by atoms with Crippen LogP contribution in [0.25, 0.3) is 22.2 Å². The number of carbonyl (C=O) groups is 1. The summed E-state index contributed by atoms with van der Waals surface area (Å²) in [5.41, 5.74) is 4.43. The third-order valence-electron chi connectivity index (χ3n) is 5.45. The van der Waals surface area contributed by atoms with Crippen molar-refractivity contribution in [2.45, 2.75) is 6.42 Å². The molecular weight excluding hydrogens is 390 g/mol. The Bertz CT molecular complexity index is 1200. The monoisotopic (exact) mass is 413 g/mol. The van der Waals surface area contributed by atoms with E-state index in [-0.39, 0.29) is 5.91 Å². The van der Waals surface area contributed by atoms with Gasteiger partial charge in [-0.1, -0.05) is 30.3 Å². The Morgan fingerprint density at radius 1 is 1.03 bits per heavy atom. The van der Waals surface area contributed by atoms with Gasteiger partial charge < -0.3 is 19.9 Å². The molecule has 3 heterocycles. The van der Waals surface area contributed by atoms with E-state index in [1.54, 1.807) is 0 Å². The fourth-order valence-corrected chi connectivity index (χ4v) is 3.85. The number of hydrogen-bond acceptors (Lipinski definition) is 5. The largest absolute Gasteiger partial charge is 0.378 e. The number of benzene rings is 2. The highest BCUT2D eigenvalue weighted by molar-refractivity contribution is 5.96. The van der Waals surface area contributed by atoms with Crippen molar-refractivity contribution in [1.29, 1.82) is 0 Å². The molecule has 2 N–H and O–H groups in total. The zero-order valence-corrected chi connectivity index (χ0v) is 17.0. The van der Waals surface area contributed by atoms with Crippen molar-refractivity contribution in [3.05, 3.63) is 72.4 Å². The third kappa shape index (κ3) is 4.27. The number of amides is 1. The van der Waals surface area contributed by atoms with Gasteiger partial charge in [-0.25, -0.2) is 0 Å². The standard InChI is InChI=1S/C24H23N5O2/c30-24(15-18-16-25-22-7-2-1-6-20(18)22)26-19-5-3-4-17(14-19)21-8-9-23(28-27-21)29-10-12-31-13-11-29/h1-9,14,16,25H,10-13,15H2,(H,26,30). The Labute approximate surface area is 180 Å². The number of anilines is 2. The predicted octanol–water partition coefficient (Wildman–Crippen LogP) is 3.64. The van der Waals surface area contributed by atoms with Gasteiger partial charge in [-0.3, -0.25) is 4.79 Å². The third-order valence-corrected chi connectivity index (χ3v) is 5.45. The van der Waals surface area contributed by atoms with Gasteiger partial charge in [-0.2, -0.15) is 0 Å². The summed E-state index contributed by atoms with van der Waals surface area (Å²) in [5.74, 6) is 0.797. The minimum Gasteiger partial charge on any atom is -0.378 e. The van der Waals surface area contributed by atoms with Gasteiger partial charge in [0.05, 0.1) is 25.3 Å². The van der Waals surface area contributed by atoms with E-state index in [0.717, 1.165) is 52.3 Å². The summed E-state index contributed by atoms with van der Waals surface area (Å²) in [6, 6.07) is 19.6. The van der Waals surface area contributed by atoms with Crippen LogP contribution in [-0.2, 0) is 16.0 Å². The number of carbonyl (C=O) groups excluding carboxylic acids is 1. The summed E-state index contributed by atoms with van der Waals surface area (Å²) >= 11 is 0. The first-order valence-corrected chi connectivity index (χ1v) is 10.4. The fraction of sp³-hybridized carbons (Fsp3) is 0.208. The van der Waals surface area contributed by atoms with Crippen molar-refractivity contribution in [1.82, 2.24) is 15.2 Å². The van der Waals surface area contributed by atoms with E-state index in [2.05, 4.69) is 25.4 Å². The number of hydrogen-bond donors (Lipinski definition) is 2. The molecule has 1 aliphatic rings. The molecule has 2 aromatic carbocycles. The van der Waals surface area contributed by atoms with Crippen LogP contribution in [0, 0.1) is 0 Å². The number of para-hydroxylation sites is 1. The van der Waals surface area contributed by atoms with E-state index < -0.39 is 0 Å². The molecular formula is C24H23N5O2. The van der Waals surface area contributed by atoms with Gasteiger partial charge in [0.2, 0.25) is 5.91 Å². The van der Waals surface area contributed by atoms with Gasteiger partial charge in [0.25, 0.3) is 0 Å². The molecule has 156 valence electrons. The number of morpholine rings is 1. The van der Waals surface area contributed by atoms with Crippen LogP contribution in [0.3, 0.4) is 0 Å². The van der Waals surface area contributed by atoms with E-state index in [4.69, 9.17) is 4.74 Å². The number of aromatic amines is 1. The van der Waals surface area contributed by atoms with Crippen LogP contribution >= 0.6 is 0 Å². The lowest BCUT2D eigenvalue weighted by molar-refractivity contribution is -0.115. The molecule has 1 amide bonds. The van der Waals surface area contributed by atoms with E-state index in [1.165, 1.54) is 0 Å². The van der Waals surface area contributed by atoms with Crippen molar-refractivity contribution in [3.8, 4) is 11.3 Å². The van der Waals surface area contributed by atoms with Crippen LogP contribution in [0.4, 0.5) is 11.5 Å². The van der Waals surface area contributed by atoms with Gasteiger partial charge in [0.15, 0.2) is 5.82 Å². The molecule has 31 heavy (non-hydrogen) atoms. The summed E-state index contributed by atoms with van der Waals surface area (Å²) in [6.07, 6.45) is 2.20. The number of ether oxygens (including phenoxy) is 1. The maximum Gasteiger partial charge on any atom is 0.228 e. The summed E-state index contributed by atoms with van der Waals surface area (Å²) in [7, 11) is 0. The second-order valence-corrected chi connectivity index (χ2v) is 7.54. The summed E-state index contributed by atoms with van der Waals surface area (Å²) < 4.78 is 5.39. The predicted molar refractivity (Wildman–Crippen MR) is 121 cm³/mol. The molecule has 0 saturated carbocycles. The van der Waals surface area contributed by atoms with Crippen LogP contribution in [0.1, 0.15) is 5.56 Å². The summed E-state index contributed by atoms with van der Waals surface area (Å²) in [5, 5.41) is 12.8. The molecule has 0 unspecified atom stereocenters. The van der Waals surface area contributed by atoms with E-state index in [0.29, 0.717) is 19.6 Å². The van der Waals surface area contributed by atoms with Crippen LogP contribution in [0.5, 0.6) is 0 Å². The average molecular weight is 413 g/mol. The zero-order chi connectivity index (χ0) is 21.0. The quantitative estimate of drug-likeness (QED) is 0.522. The molecule has 2 aromatic heterocycles. The van der Waals surface area contributed by atoms with Gasteiger partial charge in [0, 0.05) is 41.4 Å². The Hall–Kier alpha value is -3.71. The second-order valence-electron chi connectivity index (χ2n) is 7.54. The molecule has 1 saturated heterocycles. The highest BCUT2D eigenvalue weighted by Crippen LogP contribution is 2.23. The molecule has 5 rings (SSSR count). The first kappa shape index (κ1) is 19.3. The number of H-pyrrole nitrogens is 1. The minimum atomic E-state index is -0.0596. The molecule has 7 heteroatoms. The smallest absolute Gasteiger partial charge is 0.228 e. The lowest BCUT2D eigenvalue weighted by atomic mass is 10.1. The Kier molecular flexibility index (Phi) is 5.33. The number of rotatable bonds is 5. The zero-order valence-electron chi connectivity index (χ0n) is 17.0. The number of fused-ring (bicyclic) bond motifs is 1. The highest BCUT2D eigenvalue weighted by Gasteiger charge is 2.13. The molecule has 7 nitrogen and oxygen atoms in total. The summed E-state index contributed by atoms with van der Waals surface area (Å²) in [4.78, 5) is 18.0. The molecule has 0 radical (unpaired) electrons. The molecule has 4 aromatic rings. The summed E-state index contributed by atoms with van der Waals surface area (Å²) in [6.45, 7) is 3.07. The van der Waals surface area contributed by atoms with Crippen molar-refractivity contribution in [3.63, 3.8) is 0 Å². The Morgan fingerprint density at radius 3 is 2.74 bits per heavy atom. The van der Waals surface area contributed by atoms with Gasteiger partial charge in [-0.05, 0) is 35.9 Å². The average Bonchev–Trinajstić information content (AvgIpc) is 3.23. The molecule has 1 aliphatic heterocycles. The second kappa shape index (κ2) is 8.57. The lowest BCUT2D eigenvalue weighted by Crippen LogP contribution is -2.36. The number of nitrogens with one attached hydrogen (secondary N) is 2. The lowest BCUT2D eigenvalue weighted by Gasteiger charge is -2.27. The fourth-order valence-electron chi connectivity index (χ4n) is 3.85. The first-order valence-electron chi connectivity index (χ1n) is 10.4. The number of nitrogens with zero attached hydrogens (tertiary/aromatic N) is 3. The molecule has 0 spiro atoms. The van der Waals surface area contributed by atoms with Crippen LogP contribution in [-0.4, -0.2) is 47.4 Å². The first-order chi connectivity index (χ1) is 15.3. The minimum absolute atomic E-state index is 0.0596. The maximum absolute atomic E-state index is 12.6. The van der Waals surface area contributed by atoms with Gasteiger partial charge in [-0.15, -0.1) is 10.2 Å². The van der Waals surface area contributed by atoms with Crippen LogP contribution < -0.4 is 10.2 Å². The number of aromatic nitrogens is 3. The van der Waals surface area contributed by atoms with E-state index >= 15 is 0 Å². The van der Waals surface area contributed by atoms with Gasteiger partial charge >= 0.3 is 0 Å². The van der Waals surface area contributed by atoms with Crippen molar-refractivity contribution >= 4 is 28.3 Å². The molecule has 0 bridgehead atoms. The van der Waals surface area contributed by atoms with Crippen molar-refractivity contribution in [2.75, 3.05) is 36.5 Å². The molecule has 1 fully saturated rings. The topological polar surface area (TPSA) is 83.1 Å². The van der Waals surface area contributed by atoms with Crippen molar-refractivity contribution in [2.24, 2.45) is 0 Å². The maximum atomic E-state index is 12.6. The van der Waals surface area contributed by atoms with Gasteiger partial charge in [0.1, 0.15) is 0 Å². The molecule has 0 atom stereocenters. The molecule has 0 aliphatic carbocycles. The normalized spacial score (nSPS) is 14.0. The SMILES string of the molecule is O=C(Cc1c[nH]c2ccccc12)Nc1cccc(-c2ccc(N3CCOCC3)nn2)c1.